The molecule has 0 aliphatic heterocycles. The first-order valence-corrected chi connectivity index (χ1v) is 10.7. The van der Waals surface area contributed by atoms with E-state index in [1.807, 2.05) is 48.7 Å². The molecule has 0 saturated heterocycles. The first-order valence-electron chi connectivity index (χ1n) is 10.3. The van der Waals surface area contributed by atoms with E-state index < -0.39 is 0 Å². The minimum Gasteiger partial charge on any atom is -0.469 e. The zero-order valence-electron chi connectivity index (χ0n) is 17.2. The molecule has 0 fully saturated rings. The van der Waals surface area contributed by atoms with E-state index >= 15 is 0 Å². The Morgan fingerprint density at radius 3 is 2.30 bits per heavy atom. The Kier molecular flexibility index (Phi) is 7.91. The van der Waals surface area contributed by atoms with Gasteiger partial charge in [0, 0.05) is 29.7 Å². The van der Waals surface area contributed by atoms with Crippen molar-refractivity contribution in [1.82, 2.24) is 9.13 Å². The van der Waals surface area contributed by atoms with Gasteiger partial charge in [0.05, 0.1) is 18.5 Å². The van der Waals surface area contributed by atoms with E-state index in [-0.39, 0.29) is 11.7 Å². The molecule has 158 valence electrons. The molecular weight excluding hydrogens is 400 g/mol. The van der Waals surface area contributed by atoms with E-state index in [4.69, 9.17) is 11.6 Å². The molecule has 0 radical (unpaired) electrons. The fraction of sp³-hybridized carbons (Fsp3) is 0.333. The first-order chi connectivity index (χ1) is 14.6. The van der Waals surface area contributed by atoms with E-state index in [1.165, 1.54) is 7.11 Å². The standard InChI is InChI=1S/C24H27ClN2O3/c1-30-23(28)12-8-3-2-4-9-17-26-18-22(19-10-6-5-7-11-19)27(24(26)29)21-15-13-20(25)14-16-21/h5-7,10-11,13-16,18H,2-4,8-9,12,17H2,1H3. The minimum absolute atomic E-state index is 0.0538. The summed E-state index contributed by atoms with van der Waals surface area (Å²) >= 11 is 6.03. The lowest BCUT2D eigenvalue weighted by atomic mass is 10.1. The van der Waals surface area contributed by atoms with Gasteiger partial charge in [0.25, 0.3) is 0 Å². The summed E-state index contributed by atoms with van der Waals surface area (Å²) < 4.78 is 8.18. The Morgan fingerprint density at radius 1 is 0.933 bits per heavy atom. The van der Waals surface area contributed by atoms with Crippen molar-refractivity contribution in [2.24, 2.45) is 0 Å². The number of aromatic nitrogens is 2. The molecule has 3 aromatic rings. The third-order valence-electron chi connectivity index (χ3n) is 5.12. The molecular formula is C24H27ClN2O3. The van der Waals surface area contributed by atoms with E-state index in [1.54, 1.807) is 21.3 Å². The van der Waals surface area contributed by atoms with Crippen LogP contribution < -0.4 is 5.69 Å². The van der Waals surface area contributed by atoms with Crippen molar-refractivity contribution in [3.63, 3.8) is 0 Å². The number of benzene rings is 2. The highest BCUT2D eigenvalue weighted by atomic mass is 35.5. The Labute approximate surface area is 181 Å². The van der Waals surface area contributed by atoms with Crippen LogP contribution in [0.25, 0.3) is 16.9 Å². The van der Waals surface area contributed by atoms with Crippen molar-refractivity contribution in [2.75, 3.05) is 7.11 Å². The molecule has 0 aliphatic rings. The summed E-state index contributed by atoms with van der Waals surface area (Å²) in [7, 11) is 1.42. The molecule has 0 atom stereocenters. The lowest BCUT2D eigenvalue weighted by Crippen LogP contribution is -2.23. The number of carbonyl (C=O) groups excluding carboxylic acids is 1. The van der Waals surface area contributed by atoms with Crippen LogP contribution in [0.2, 0.25) is 5.02 Å². The van der Waals surface area contributed by atoms with Crippen molar-refractivity contribution >= 4 is 17.6 Å². The van der Waals surface area contributed by atoms with Gasteiger partial charge in [-0.1, -0.05) is 61.2 Å². The summed E-state index contributed by atoms with van der Waals surface area (Å²) in [6.45, 7) is 0.663. The maximum Gasteiger partial charge on any atom is 0.333 e. The van der Waals surface area contributed by atoms with Crippen LogP contribution in [0.5, 0.6) is 0 Å². The van der Waals surface area contributed by atoms with Gasteiger partial charge in [-0.25, -0.2) is 4.79 Å². The maximum absolute atomic E-state index is 13.2. The van der Waals surface area contributed by atoms with Gasteiger partial charge in [-0.3, -0.25) is 13.9 Å². The molecule has 0 aliphatic carbocycles. The van der Waals surface area contributed by atoms with Gasteiger partial charge in [-0.05, 0) is 37.1 Å². The molecule has 30 heavy (non-hydrogen) atoms. The number of methoxy groups -OCH3 is 1. The average Bonchev–Trinajstić information content (AvgIpc) is 3.10. The van der Waals surface area contributed by atoms with E-state index in [9.17, 15) is 9.59 Å². The number of aryl methyl sites for hydroxylation is 1. The molecule has 0 amide bonds. The van der Waals surface area contributed by atoms with Gasteiger partial charge in [-0.15, -0.1) is 0 Å². The predicted octanol–water partition coefficient (Wildman–Crippen LogP) is 5.47. The fourth-order valence-corrected chi connectivity index (χ4v) is 3.61. The largest absolute Gasteiger partial charge is 0.469 e. The van der Waals surface area contributed by atoms with Gasteiger partial charge < -0.3 is 4.74 Å². The summed E-state index contributed by atoms with van der Waals surface area (Å²) in [6, 6.07) is 17.2. The summed E-state index contributed by atoms with van der Waals surface area (Å²) in [4.78, 5) is 24.3. The monoisotopic (exact) mass is 426 g/mol. The zero-order chi connectivity index (χ0) is 21.3. The van der Waals surface area contributed by atoms with Crippen molar-refractivity contribution in [3.05, 3.63) is 76.3 Å². The smallest absolute Gasteiger partial charge is 0.333 e. The van der Waals surface area contributed by atoms with Gasteiger partial charge >= 0.3 is 11.7 Å². The minimum atomic E-state index is -0.154. The lowest BCUT2D eigenvalue weighted by Gasteiger charge is -2.07. The number of nitrogens with zero attached hydrogens (tertiary/aromatic N) is 2. The van der Waals surface area contributed by atoms with Crippen LogP contribution in [0, 0.1) is 0 Å². The Hall–Kier alpha value is -2.79. The second-order valence-electron chi connectivity index (χ2n) is 7.26. The number of hydrogen-bond acceptors (Lipinski definition) is 3. The number of rotatable bonds is 10. The maximum atomic E-state index is 13.2. The van der Waals surface area contributed by atoms with Gasteiger partial charge in [-0.2, -0.15) is 0 Å². The number of unbranched alkanes of at least 4 members (excludes halogenated alkanes) is 4. The van der Waals surface area contributed by atoms with Crippen LogP contribution in [0.1, 0.15) is 38.5 Å². The van der Waals surface area contributed by atoms with Gasteiger partial charge in [0.2, 0.25) is 0 Å². The quantitative estimate of drug-likeness (QED) is 0.319. The van der Waals surface area contributed by atoms with E-state index in [2.05, 4.69) is 4.74 Å². The number of halogens is 1. The molecule has 3 rings (SSSR count). The van der Waals surface area contributed by atoms with Gasteiger partial charge in [0.15, 0.2) is 0 Å². The number of imidazole rings is 1. The average molecular weight is 427 g/mol. The predicted molar refractivity (Wildman–Crippen MR) is 120 cm³/mol. The fourth-order valence-electron chi connectivity index (χ4n) is 3.49. The molecule has 2 aromatic carbocycles. The molecule has 0 N–H and O–H groups in total. The zero-order valence-corrected chi connectivity index (χ0v) is 18.0. The third-order valence-corrected chi connectivity index (χ3v) is 5.37. The third kappa shape index (κ3) is 5.63. The molecule has 1 heterocycles. The van der Waals surface area contributed by atoms with Crippen LogP contribution >= 0.6 is 11.6 Å². The Balaban J connectivity index is 1.71. The van der Waals surface area contributed by atoms with Crippen molar-refractivity contribution in [2.45, 2.75) is 45.1 Å². The van der Waals surface area contributed by atoms with Crippen LogP contribution in [0.15, 0.2) is 65.6 Å². The van der Waals surface area contributed by atoms with E-state index in [0.717, 1.165) is 49.0 Å². The number of ether oxygens (including phenoxy) is 1. The summed E-state index contributed by atoms with van der Waals surface area (Å²) in [5, 5.41) is 0.639. The topological polar surface area (TPSA) is 53.2 Å². The van der Waals surface area contributed by atoms with Crippen molar-refractivity contribution < 1.29 is 9.53 Å². The number of esters is 1. The summed E-state index contributed by atoms with van der Waals surface area (Å²) in [5.74, 6) is -0.154. The summed E-state index contributed by atoms with van der Waals surface area (Å²) in [5.41, 5.74) is 2.60. The molecule has 0 bridgehead atoms. The van der Waals surface area contributed by atoms with Crippen molar-refractivity contribution in [3.8, 4) is 16.9 Å². The molecule has 5 nitrogen and oxygen atoms in total. The Morgan fingerprint density at radius 2 is 1.60 bits per heavy atom. The molecule has 0 spiro atoms. The molecule has 0 saturated carbocycles. The summed E-state index contributed by atoms with van der Waals surface area (Å²) in [6.07, 6.45) is 7.21. The normalized spacial score (nSPS) is 10.9. The molecule has 0 unspecified atom stereocenters. The van der Waals surface area contributed by atoms with Crippen LogP contribution in [-0.2, 0) is 16.1 Å². The second-order valence-corrected chi connectivity index (χ2v) is 7.70. The van der Waals surface area contributed by atoms with E-state index in [0.29, 0.717) is 18.0 Å². The molecule has 6 heteroatoms. The van der Waals surface area contributed by atoms with Crippen LogP contribution in [0.4, 0.5) is 0 Å². The number of carbonyl (C=O) groups is 1. The lowest BCUT2D eigenvalue weighted by molar-refractivity contribution is -0.140. The highest BCUT2D eigenvalue weighted by Crippen LogP contribution is 2.23. The second kappa shape index (κ2) is 10.8. The highest BCUT2D eigenvalue weighted by Gasteiger charge is 2.14. The van der Waals surface area contributed by atoms with Crippen molar-refractivity contribution in [1.29, 1.82) is 0 Å². The highest BCUT2D eigenvalue weighted by molar-refractivity contribution is 6.30. The van der Waals surface area contributed by atoms with Crippen LogP contribution in [-0.4, -0.2) is 22.2 Å². The molecule has 1 aromatic heterocycles. The SMILES string of the molecule is COC(=O)CCCCCCCn1cc(-c2ccccc2)n(-c2ccc(Cl)cc2)c1=O. The number of hydrogen-bond donors (Lipinski definition) is 0. The Bertz CT molecular complexity index is 1010. The van der Waals surface area contributed by atoms with Crippen LogP contribution in [0.3, 0.4) is 0 Å². The van der Waals surface area contributed by atoms with Gasteiger partial charge in [0.1, 0.15) is 0 Å². The first kappa shape index (κ1) is 21.9.